The van der Waals surface area contributed by atoms with Gasteiger partial charge in [-0.05, 0) is 24.0 Å². The molecule has 2 rings (SSSR count). The summed E-state index contributed by atoms with van der Waals surface area (Å²) in [5, 5.41) is 0. The zero-order chi connectivity index (χ0) is 14.2. The smallest absolute Gasteiger partial charge is 0.299 e. The fourth-order valence-corrected chi connectivity index (χ4v) is 2.07. The van der Waals surface area contributed by atoms with Gasteiger partial charge < -0.3 is 9.64 Å². The number of amides is 1. The van der Waals surface area contributed by atoms with Crippen LogP contribution in [0.5, 0.6) is 5.75 Å². The maximum Gasteiger partial charge on any atom is 0.299 e. The van der Waals surface area contributed by atoms with Crippen LogP contribution in [-0.2, 0) is 4.79 Å². The van der Waals surface area contributed by atoms with Crippen LogP contribution in [0, 0.1) is 5.41 Å². The van der Waals surface area contributed by atoms with E-state index in [1.807, 2.05) is 0 Å². The molecule has 0 atom stereocenters. The Morgan fingerprint density at radius 2 is 1.89 bits per heavy atom. The van der Waals surface area contributed by atoms with Crippen molar-refractivity contribution in [3.05, 3.63) is 23.8 Å². The second kappa shape index (κ2) is 4.68. The first-order valence-corrected chi connectivity index (χ1v) is 6.38. The number of hydrogen-bond donors (Lipinski definition) is 0. The summed E-state index contributed by atoms with van der Waals surface area (Å²) in [5.74, 6) is -0.207. The number of anilines is 1. The molecular weight excluding hydrogens is 242 g/mol. The predicted octanol–water partition coefficient (Wildman–Crippen LogP) is 2.66. The summed E-state index contributed by atoms with van der Waals surface area (Å²) in [6.45, 7) is 6.89. The van der Waals surface area contributed by atoms with Gasteiger partial charge in [0.15, 0.2) is 0 Å². The minimum atomic E-state index is -0.437. The largest absolute Gasteiger partial charge is 0.497 e. The van der Waals surface area contributed by atoms with E-state index in [-0.39, 0.29) is 5.41 Å². The van der Waals surface area contributed by atoms with E-state index in [1.165, 1.54) is 0 Å². The molecule has 1 aromatic carbocycles. The van der Waals surface area contributed by atoms with Gasteiger partial charge in [-0.25, -0.2) is 0 Å². The number of Topliss-reactive ketones (excluding diaryl/α,β-unsaturated/α-hetero) is 1. The lowest BCUT2D eigenvalue weighted by molar-refractivity contribution is -0.114. The molecule has 0 bridgehead atoms. The first-order valence-electron chi connectivity index (χ1n) is 6.38. The van der Waals surface area contributed by atoms with E-state index in [0.717, 1.165) is 6.42 Å². The summed E-state index contributed by atoms with van der Waals surface area (Å²) >= 11 is 0. The number of ketones is 1. The van der Waals surface area contributed by atoms with Gasteiger partial charge in [-0.3, -0.25) is 9.59 Å². The highest BCUT2D eigenvalue weighted by atomic mass is 16.5. The Morgan fingerprint density at radius 1 is 1.21 bits per heavy atom. The van der Waals surface area contributed by atoms with Crippen LogP contribution < -0.4 is 9.64 Å². The molecule has 0 spiro atoms. The average Bonchev–Trinajstić information content (AvgIpc) is 2.58. The number of carbonyl (C=O) groups excluding carboxylic acids is 2. The van der Waals surface area contributed by atoms with E-state index >= 15 is 0 Å². The molecule has 0 fully saturated rings. The topological polar surface area (TPSA) is 46.6 Å². The van der Waals surface area contributed by atoms with Gasteiger partial charge in [-0.2, -0.15) is 0 Å². The van der Waals surface area contributed by atoms with E-state index in [0.29, 0.717) is 23.5 Å². The molecule has 1 aliphatic heterocycles. The summed E-state index contributed by atoms with van der Waals surface area (Å²) in [6.07, 6.45) is 0.836. The Labute approximate surface area is 113 Å². The molecule has 0 N–H and O–H groups in total. The van der Waals surface area contributed by atoms with Gasteiger partial charge in [0.05, 0.1) is 18.4 Å². The number of nitrogens with zero attached hydrogens (tertiary/aromatic N) is 1. The van der Waals surface area contributed by atoms with Gasteiger partial charge in [-0.15, -0.1) is 0 Å². The molecule has 1 heterocycles. The number of ether oxygens (including phenoxy) is 1. The zero-order valence-corrected chi connectivity index (χ0v) is 11.8. The highest BCUT2D eigenvalue weighted by molar-refractivity contribution is 6.52. The van der Waals surface area contributed by atoms with E-state index in [1.54, 1.807) is 30.2 Å². The quantitative estimate of drug-likeness (QED) is 0.786. The Hall–Kier alpha value is -1.84. The van der Waals surface area contributed by atoms with Crippen molar-refractivity contribution in [3.8, 4) is 5.75 Å². The van der Waals surface area contributed by atoms with E-state index in [2.05, 4.69) is 20.8 Å². The minimum Gasteiger partial charge on any atom is -0.497 e. The normalized spacial score (nSPS) is 14.8. The standard InChI is InChI=1S/C15H19NO3/c1-15(2,3)7-8-16-12-9-10(19-4)5-6-11(12)13(17)14(16)18/h5-6,9H,7-8H2,1-4H3. The van der Waals surface area contributed by atoms with Crippen molar-refractivity contribution in [3.63, 3.8) is 0 Å². The molecule has 0 aromatic heterocycles. The molecule has 0 saturated heterocycles. The SMILES string of the molecule is COc1ccc2c(c1)N(CCC(C)(C)C)C(=O)C2=O. The summed E-state index contributed by atoms with van der Waals surface area (Å²) in [5.41, 5.74) is 1.25. The minimum absolute atomic E-state index is 0.116. The number of methoxy groups -OCH3 is 1. The van der Waals surface area contributed by atoms with Gasteiger partial charge in [0, 0.05) is 12.6 Å². The molecule has 0 saturated carbocycles. The van der Waals surface area contributed by atoms with Crippen molar-refractivity contribution in [2.24, 2.45) is 5.41 Å². The van der Waals surface area contributed by atoms with E-state index in [4.69, 9.17) is 4.74 Å². The molecule has 19 heavy (non-hydrogen) atoms. The number of fused-ring (bicyclic) bond motifs is 1. The third-order valence-electron chi connectivity index (χ3n) is 3.27. The maximum atomic E-state index is 12.0. The fraction of sp³-hybridized carbons (Fsp3) is 0.467. The van der Waals surface area contributed by atoms with Crippen LogP contribution in [-0.4, -0.2) is 25.3 Å². The first-order chi connectivity index (χ1) is 8.83. The molecule has 1 aromatic rings. The first kappa shape index (κ1) is 13.6. The third kappa shape index (κ3) is 2.62. The number of rotatable bonds is 3. The monoisotopic (exact) mass is 261 g/mol. The van der Waals surface area contributed by atoms with Crippen molar-refractivity contribution < 1.29 is 14.3 Å². The van der Waals surface area contributed by atoms with Crippen LogP contribution in [0.1, 0.15) is 37.6 Å². The van der Waals surface area contributed by atoms with E-state index < -0.39 is 11.7 Å². The maximum absolute atomic E-state index is 12.0. The van der Waals surface area contributed by atoms with Crippen molar-refractivity contribution in [2.45, 2.75) is 27.2 Å². The van der Waals surface area contributed by atoms with Crippen LogP contribution in [0.2, 0.25) is 0 Å². The Kier molecular flexibility index (Phi) is 3.35. The Balaban J connectivity index is 2.31. The lowest BCUT2D eigenvalue weighted by Gasteiger charge is -2.23. The summed E-state index contributed by atoms with van der Waals surface area (Å²) in [4.78, 5) is 25.5. The molecule has 0 unspecified atom stereocenters. The van der Waals surface area contributed by atoms with Crippen molar-refractivity contribution in [1.29, 1.82) is 0 Å². The average molecular weight is 261 g/mol. The second-order valence-corrected chi connectivity index (χ2v) is 5.98. The molecule has 1 amide bonds. The van der Waals surface area contributed by atoms with Crippen LogP contribution in [0.15, 0.2) is 18.2 Å². The number of carbonyl (C=O) groups is 2. The van der Waals surface area contributed by atoms with Crippen LogP contribution >= 0.6 is 0 Å². The summed E-state index contributed by atoms with van der Waals surface area (Å²) in [6, 6.07) is 5.11. The van der Waals surface area contributed by atoms with Crippen molar-refractivity contribution in [2.75, 3.05) is 18.6 Å². The van der Waals surface area contributed by atoms with Gasteiger partial charge >= 0.3 is 0 Å². The fourth-order valence-electron chi connectivity index (χ4n) is 2.07. The molecule has 1 aliphatic rings. The lowest BCUT2D eigenvalue weighted by atomic mass is 9.92. The van der Waals surface area contributed by atoms with Crippen LogP contribution in [0.25, 0.3) is 0 Å². The summed E-state index contributed by atoms with van der Waals surface area (Å²) < 4.78 is 5.15. The Morgan fingerprint density at radius 3 is 2.47 bits per heavy atom. The molecule has 102 valence electrons. The van der Waals surface area contributed by atoms with Crippen molar-refractivity contribution in [1.82, 2.24) is 0 Å². The molecule has 0 aliphatic carbocycles. The highest BCUT2D eigenvalue weighted by Gasteiger charge is 2.36. The molecule has 0 radical (unpaired) electrons. The van der Waals surface area contributed by atoms with Crippen molar-refractivity contribution >= 4 is 17.4 Å². The zero-order valence-electron chi connectivity index (χ0n) is 11.8. The predicted molar refractivity (Wildman–Crippen MR) is 73.7 cm³/mol. The third-order valence-corrected chi connectivity index (χ3v) is 3.27. The number of benzene rings is 1. The lowest BCUT2D eigenvalue weighted by Crippen LogP contribution is -2.32. The van der Waals surface area contributed by atoms with Crippen LogP contribution in [0.4, 0.5) is 5.69 Å². The number of hydrogen-bond acceptors (Lipinski definition) is 3. The Bertz CT molecular complexity index is 529. The molecular formula is C15H19NO3. The van der Waals surface area contributed by atoms with Gasteiger partial charge in [0.2, 0.25) is 0 Å². The van der Waals surface area contributed by atoms with Crippen LogP contribution in [0.3, 0.4) is 0 Å². The molecule has 4 nitrogen and oxygen atoms in total. The van der Waals surface area contributed by atoms with Gasteiger partial charge in [0.1, 0.15) is 5.75 Å². The second-order valence-electron chi connectivity index (χ2n) is 5.98. The van der Waals surface area contributed by atoms with Gasteiger partial charge in [-0.1, -0.05) is 20.8 Å². The van der Waals surface area contributed by atoms with Gasteiger partial charge in [0.25, 0.3) is 11.7 Å². The highest BCUT2D eigenvalue weighted by Crippen LogP contribution is 2.33. The van der Waals surface area contributed by atoms with E-state index in [9.17, 15) is 9.59 Å². The molecule has 4 heteroatoms. The summed E-state index contributed by atoms with van der Waals surface area (Å²) in [7, 11) is 1.57.